The van der Waals surface area contributed by atoms with E-state index in [0.29, 0.717) is 41.3 Å². The molecule has 3 rings (SSSR count). The molecule has 0 radical (unpaired) electrons. The van der Waals surface area contributed by atoms with Crippen LogP contribution in [0.25, 0.3) is 0 Å². The van der Waals surface area contributed by atoms with Gasteiger partial charge in [0.1, 0.15) is 5.75 Å². The van der Waals surface area contributed by atoms with Gasteiger partial charge >= 0.3 is 0 Å². The third-order valence-electron chi connectivity index (χ3n) is 4.91. The normalized spacial score (nSPS) is 24.3. The van der Waals surface area contributed by atoms with Crippen molar-refractivity contribution in [2.75, 3.05) is 25.0 Å². The van der Waals surface area contributed by atoms with Crippen LogP contribution in [-0.4, -0.2) is 42.3 Å². The highest BCUT2D eigenvalue weighted by Gasteiger charge is 2.32. The molecule has 1 saturated heterocycles. The van der Waals surface area contributed by atoms with Crippen molar-refractivity contribution >= 4 is 17.4 Å². The quantitative estimate of drug-likeness (QED) is 0.867. The zero-order chi connectivity index (χ0) is 16.6. The topological polar surface area (TPSA) is 58.6 Å². The van der Waals surface area contributed by atoms with Crippen LogP contribution in [0.15, 0.2) is 18.2 Å². The molecule has 0 spiro atoms. The number of anilines is 1. The number of likely N-dealkylation sites (tertiary alicyclic amines) is 1. The van der Waals surface area contributed by atoms with Gasteiger partial charge in [0.2, 0.25) is 0 Å². The third kappa shape index (κ3) is 3.39. The van der Waals surface area contributed by atoms with Crippen molar-refractivity contribution in [1.82, 2.24) is 4.90 Å². The van der Waals surface area contributed by atoms with Gasteiger partial charge in [0.05, 0.1) is 5.69 Å². The van der Waals surface area contributed by atoms with E-state index in [0.717, 1.165) is 13.1 Å². The molecule has 0 unspecified atom stereocenters. The lowest BCUT2D eigenvalue weighted by Gasteiger charge is -2.20. The summed E-state index contributed by atoms with van der Waals surface area (Å²) in [5, 5.41) is 2.76. The van der Waals surface area contributed by atoms with Crippen LogP contribution in [0.2, 0.25) is 0 Å². The minimum absolute atomic E-state index is 0.0327. The Bertz CT molecular complexity index is 627. The second-order valence-corrected chi connectivity index (χ2v) is 6.96. The second kappa shape index (κ2) is 6.32. The van der Waals surface area contributed by atoms with Crippen molar-refractivity contribution in [3.8, 4) is 5.75 Å². The van der Waals surface area contributed by atoms with Crippen LogP contribution in [0.4, 0.5) is 5.69 Å². The lowest BCUT2D eigenvalue weighted by atomic mass is 9.90. The molecular weight excluding hydrogens is 292 g/mol. The Morgan fingerprint density at radius 2 is 2.17 bits per heavy atom. The van der Waals surface area contributed by atoms with Crippen LogP contribution < -0.4 is 10.1 Å². The van der Waals surface area contributed by atoms with E-state index in [1.807, 2.05) is 0 Å². The van der Waals surface area contributed by atoms with Gasteiger partial charge in [0.25, 0.3) is 5.91 Å². The van der Waals surface area contributed by atoms with Gasteiger partial charge in [-0.2, -0.15) is 0 Å². The van der Waals surface area contributed by atoms with Gasteiger partial charge in [-0.15, -0.1) is 0 Å². The number of fused-ring (bicyclic) bond motifs is 1. The highest BCUT2D eigenvalue weighted by Crippen LogP contribution is 2.31. The molecule has 1 aromatic carbocycles. The van der Waals surface area contributed by atoms with E-state index in [4.69, 9.17) is 4.74 Å². The standard InChI is InChI=1S/C18H24N2O3/c1-11(2)20-8-12(3)14(9-20)7-16(21)13-4-5-17-15(6-13)19-18(22)10-23-17/h4-6,11-12,14H,7-10H2,1-3H3,(H,19,22)/t12-,14+/m0/s1. The number of benzene rings is 1. The molecule has 5 heteroatoms. The molecule has 23 heavy (non-hydrogen) atoms. The van der Waals surface area contributed by atoms with Crippen molar-refractivity contribution in [3.05, 3.63) is 23.8 Å². The fourth-order valence-electron chi connectivity index (χ4n) is 3.37. The van der Waals surface area contributed by atoms with Crippen molar-refractivity contribution in [3.63, 3.8) is 0 Å². The molecule has 2 heterocycles. The predicted molar refractivity (Wildman–Crippen MR) is 88.9 cm³/mol. The molecule has 0 aromatic heterocycles. The first-order valence-electron chi connectivity index (χ1n) is 8.28. The number of ether oxygens (including phenoxy) is 1. The summed E-state index contributed by atoms with van der Waals surface area (Å²) in [5.41, 5.74) is 1.24. The molecule has 124 valence electrons. The number of nitrogens with one attached hydrogen (secondary N) is 1. The van der Waals surface area contributed by atoms with E-state index < -0.39 is 0 Å². The van der Waals surface area contributed by atoms with Gasteiger partial charge in [-0.1, -0.05) is 6.92 Å². The zero-order valence-electron chi connectivity index (χ0n) is 14.0. The summed E-state index contributed by atoms with van der Waals surface area (Å²) in [5.74, 6) is 1.50. The van der Waals surface area contributed by atoms with Crippen LogP contribution in [0, 0.1) is 11.8 Å². The maximum Gasteiger partial charge on any atom is 0.262 e. The first kappa shape index (κ1) is 16.0. The number of hydrogen-bond donors (Lipinski definition) is 1. The molecule has 0 saturated carbocycles. The Morgan fingerprint density at radius 1 is 1.39 bits per heavy atom. The van der Waals surface area contributed by atoms with Crippen molar-refractivity contribution in [2.45, 2.75) is 33.2 Å². The average molecular weight is 316 g/mol. The van der Waals surface area contributed by atoms with Crippen LogP contribution in [-0.2, 0) is 4.79 Å². The molecule has 1 aromatic rings. The average Bonchev–Trinajstić information content (AvgIpc) is 2.87. The molecule has 1 amide bonds. The summed E-state index contributed by atoms with van der Waals surface area (Å²) >= 11 is 0. The van der Waals surface area contributed by atoms with Crippen LogP contribution in [0.1, 0.15) is 37.6 Å². The Morgan fingerprint density at radius 3 is 2.87 bits per heavy atom. The van der Waals surface area contributed by atoms with Gasteiger partial charge < -0.3 is 15.0 Å². The number of hydrogen-bond acceptors (Lipinski definition) is 4. The van der Waals surface area contributed by atoms with Crippen molar-refractivity contribution < 1.29 is 14.3 Å². The SMILES string of the molecule is CC(C)N1C[C@@H](CC(=O)c2ccc3c(c2)NC(=O)CO3)[C@@H](C)C1. The Labute approximate surface area is 137 Å². The summed E-state index contributed by atoms with van der Waals surface area (Å²) in [4.78, 5) is 26.5. The first-order valence-corrected chi connectivity index (χ1v) is 8.28. The van der Waals surface area contributed by atoms with Gasteiger partial charge in [0.15, 0.2) is 12.4 Å². The first-order chi connectivity index (χ1) is 10.9. The lowest BCUT2D eigenvalue weighted by molar-refractivity contribution is -0.118. The molecule has 1 fully saturated rings. The number of amides is 1. The van der Waals surface area contributed by atoms with Crippen molar-refractivity contribution in [2.24, 2.45) is 11.8 Å². The van der Waals surface area contributed by atoms with Crippen LogP contribution in [0.5, 0.6) is 5.75 Å². The van der Waals surface area contributed by atoms with Gasteiger partial charge in [-0.3, -0.25) is 9.59 Å². The molecule has 2 atom stereocenters. The molecule has 5 nitrogen and oxygen atoms in total. The zero-order valence-corrected chi connectivity index (χ0v) is 14.0. The molecule has 2 aliphatic heterocycles. The van der Waals surface area contributed by atoms with E-state index in [-0.39, 0.29) is 18.3 Å². The highest BCUT2D eigenvalue weighted by molar-refractivity contribution is 6.00. The Hall–Kier alpha value is -1.88. The highest BCUT2D eigenvalue weighted by atomic mass is 16.5. The largest absolute Gasteiger partial charge is 0.482 e. The minimum Gasteiger partial charge on any atom is -0.482 e. The fraction of sp³-hybridized carbons (Fsp3) is 0.556. The summed E-state index contributed by atoms with van der Waals surface area (Å²) < 4.78 is 5.33. The number of carbonyl (C=O) groups excluding carboxylic acids is 2. The number of rotatable bonds is 4. The number of nitrogens with zero attached hydrogens (tertiary/aromatic N) is 1. The maximum absolute atomic E-state index is 12.6. The lowest BCUT2D eigenvalue weighted by Crippen LogP contribution is -2.28. The second-order valence-electron chi connectivity index (χ2n) is 6.96. The Kier molecular flexibility index (Phi) is 4.39. The molecule has 2 aliphatic rings. The number of Topliss-reactive ketones (excluding diaryl/α,β-unsaturated/α-hetero) is 1. The summed E-state index contributed by atoms with van der Waals surface area (Å²) in [6.45, 7) is 8.69. The van der Waals surface area contributed by atoms with E-state index in [1.54, 1.807) is 18.2 Å². The molecule has 1 N–H and O–H groups in total. The molecule has 0 aliphatic carbocycles. The van der Waals surface area contributed by atoms with E-state index in [2.05, 4.69) is 31.0 Å². The number of ketones is 1. The van der Waals surface area contributed by atoms with E-state index >= 15 is 0 Å². The summed E-state index contributed by atoms with van der Waals surface area (Å²) in [7, 11) is 0. The van der Waals surface area contributed by atoms with Crippen LogP contribution >= 0.6 is 0 Å². The number of carbonyl (C=O) groups is 2. The monoisotopic (exact) mass is 316 g/mol. The van der Waals surface area contributed by atoms with Gasteiger partial charge in [-0.25, -0.2) is 0 Å². The summed E-state index contributed by atoms with van der Waals surface area (Å²) in [6, 6.07) is 5.81. The third-order valence-corrected chi connectivity index (χ3v) is 4.91. The fourth-order valence-corrected chi connectivity index (χ4v) is 3.37. The molecule has 0 bridgehead atoms. The summed E-state index contributed by atoms with van der Waals surface area (Å²) in [6.07, 6.45) is 0.554. The van der Waals surface area contributed by atoms with Gasteiger partial charge in [0, 0.05) is 31.1 Å². The maximum atomic E-state index is 12.6. The minimum atomic E-state index is -0.181. The van der Waals surface area contributed by atoms with Crippen molar-refractivity contribution in [1.29, 1.82) is 0 Å². The molecular formula is C18H24N2O3. The van der Waals surface area contributed by atoms with E-state index in [1.165, 1.54) is 0 Å². The van der Waals surface area contributed by atoms with E-state index in [9.17, 15) is 9.59 Å². The van der Waals surface area contributed by atoms with Gasteiger partial charge in [-0.05, 0) is 43.9 Å². The predicted octanol–water partition coefficient (Wildman–Crippen LogP) is 2.57. The Balaban J connectivity index is 1.69. The van der Waals surface area contributed by atoms with Crippen LogP contribution in [0.3, 0.4) is 0 Å². The smallest absolute Gasteiger partial charge is 0.262 e.